The lowest BCUT2D eigenvalue weighted by atomic mass is 10.1. The Hall–Kier alpha value is -2.59. The fourth-order valence-corrected chi connectivity index (χ4v) is 3.50. The molecule has 2 N–H and O–H groups in total. The Morgan fingerprint density at radius 2 is 1.89 bits per heavy atom. The van der Waals surface area contributed by atoms with Crippen molar-refractivity contribution in [3.63, 3.8) is 0 Å². The standard InChI is InChI=1S/C18H15F3N4OS2/c1-27-14-4-2-3-12(10-14)16(26)23-25-17-24-22-15(28-17)9-11-5-7-13(8-6-11)18(19,20)21/h2-8,10H,9H2,1H3,(H,23,26)(H,24,25). The third-order valence-corrected chi connectivity index (χ3v) is 5.28. The molecule has 3 rings (SSSR count). The van der Waals surface area contributed by atoms with Crippen molar-refractivity contribution in [3.05, 3.63) is 70.2 Å². The van der Waals surface area contributed by atoms with Crippen LogP contribution in [0.4, 0.5) is 18.3 Å². The number of nitrogens with zero attached hydrogens (tertiary/aromatic N) is 2. The maximum Gasteiger partial charge on any atom is 0.416 e. The predicted octanol–water partition coefficient (Wildman–Crippen LogP) is 4.63. The van der Waals surface area contributed by atoms with Crippen LogP contribution in [0.3, 0.4) is 0 Å². The average molecular weight is 424 g/mol. The minimum Gasteiger partial charge on any atom is -0.271 e. The molecule has 0 unspecified atom stereocenters. The summed E-state index contributed by atoms with van der Waals surface area (Å²) in [6, 6.07) is 12.1. The highest BCUT2D eigenvalue weighted by Crippen LogP contribution is 2.29. The molecule has 0 aliphatic carbocycles. The van der Waals surface area contributed by atoms with Crippen LogP contribution in [0.1, 0.15) is 26.5 Å². The van der Waals surface area contributed by atoms with Crippen LogP contribution in [0, 0.1) is 0 Å². The number of carbonyl (C=O) groups excluding carboxylic acids is 1. The Morgan fingerprint density at radius 1 is 1.14 bits per heavy atom. The van der Waals surface area contributed by atoms with Crippen molar-refractivity contribution in [2.45, 2.75) is 17.5 Å². The minimum atomic E-state index is -4.36. The van der Waals surface area contributed by atoms with E-state index in [1.54, 1.807) is 18.2 Å². The number of halogens is 3. The van der Waals surface area contributed by atoms with Crippen molar-refractivity contribution >= 4 is 34.1 Å². The van der Waals surface area contributed by atoms with Gasteiger partial charge in [0.15, 0.2) is 0 Å². The van der Waals surface area contributed by atoms with Gasteiger partial charge >= 0.3 is 6.18 Å². The number of benzene rings is 2. The first-order valence-corrected chi connectivity index (χ1v) is 10.1. The Balaban J connectivity index is 1.57. The molecule has 0 atom stereocenters. The van der Waals surface area contributed by atoms with Crippen LogP contribution in [0.2, 0.25) is 0 Å². The molecule has 10 heteroatoms. The van der Waals surface area contributed by atoms with E-state index in [4.69, 9.17) is 0 Å². The summed E-state index contributed by atoms with van der Waals surface area (Å²) in [7, 11) is 0. The van der Waals surface area contributed by atoms with Crippen LogP contribution in [-0.2, 0) is 12.6 Å². The van der Waals surface area contributed by atoms with Gasteiger partial charge < -0.3 is 0 Å². The van der Waals surface area contributed by atoms with Crippen molar-refractivity contribution in [1.29, 1.82) is 0 Å². The van der Waals surface area contributed by atoms with E-state index in [1.807, 2.05) is 12.3 Å². The third kappa shape index (κ3) is 5.23. The molecule has 0 radical (unpaired) electrons. The van der Waals surface area contributed by atoms with Gasteiger partial charge in [0.1, 0.15) is 5.01 Å². The summed E-state index contributed by atoms with van der Waals surface area (Å²) in [5.41, 5.74) is 5.76. The number of amides is 1. The van der Waals surface area contributed by atoms with E-state index in [0.29, 0.717) is 27.7 Å². The molecule has 0 saturated heterocycles. The highest BCUT2D eigenvalue weighted by Gasteiger charge is 2.29. The molecule has 3 aromatic rings. The summed E-state index contributed by atoms with van der Waals surface area (Å²) in [4.78, 5) is 13.2. The van der Waals surface area contributed by atoms with E-state index in [0.717, 1.165) is 17.0 Å². The summed E-state index contributed by atoms with van der Waals surface area (Å²) < 4.78 is 37.8. The van der Waals surface area contributed by atoms with Crippen molar-refractivity contribution in [2.75, 3.05) is 11.7 Å². The topological polar surface area (TPSA) is 66.9 Å². The fourth-order valence-electron chi connectivity index (χ4n) is 2.31. The van der Waals surface area contributed by atoms with Gasteiger partial charge in [-0.05, 0) is 42.2 Å². The van der Waals surface area contributed by atoms with Gasteiger partial charge in [-0.1, -0.05) is 29.5 Å². The predicted molar refractivity (Wildman–Crippen MR) is 103 cm³/mol. The number of alkyl halides is 3. The molecule has 28 heavy (non-hydrogen) atoms. The van der Waals surface area contributed by atoms with Crippen molar-refractivity contribution in [2.24, 2.45) is 0 Å². The molecule has 1 heterocycles. The average Bonchev–Trinajstić information content (AvgIpc) is 3.13. The van der Waals surface area contributed by atoms with Crippen LogP contribution in [0.15, 0.2) is 53.4 Å². The summed E-state index contributed by atoms with van der Waals surface area (Å²) in [5, 5.41) is 8.91. The Morgan fingerprint density at radius 3 is 2.57 bits per heavy atom. The lowest BCUT2D eigenvalue weighted by molar-refractivity contribution is -0.137. The highest BCUT2D eigenvalue weighted by atomic mass is 32.2. The van der Waals surface area contributed by atoms with Crippen molar-refractivity contribution in [1.82, 2.24) is 15.6 Å². The van der Waals surface area contributed by atoms with Crippen molar-refractivity contribution < 1.29 is 18.0 Å². The van der Waals surface area contributed by atoms with Gasteiger partial charge in [0.2, 0.25) is 5.13 Å². The molecule has 146 valence electrons. The molecule has 1 amide bonds. The summed E-state index contributed by atoms with van der Waals surface area (Å²) in [5.74, 6) is -0.310. The van der Waals surface area contributed by atoms with Gasteiger partial charge in [0.25, 0.3) is 5.91 Å². The molecule has 1 aromatic heterocycles. The smallest absolute Gasteiger partial charge is 0.271 e. The number of hydrogen-bond acceptors (Lipinski definition) is 6. The van der Waals surface area contributed by atoms with Crippen LogP contribution < -0.4 is 10.9 Å². The van der Waals surface area contributed by atoms with E-state index in [9.17, 15) is 18.0 Å². The molecule has 2 aromatic carbocycles. The summed E-state index contributed by atoms with van der Waals surface area (Å²) >= 11 is 2.75. The Labute approximate surface area is 167 Å². The molecule has 0 bridgehead atoms. The van der Waals surface area contributed by atoms with Gasteiger partial charge in [-0.25, -0.2) is 0 Å². The highest BCUT2D eigenvalue weighted by molar-refractivity contribution is 7.98. The van der Waals surface area contributed by atoms with E-state index >= 15 is 0 Å². The first-order chi connectivity index (χ1) is 13.3. The maximum atomic E-state index is 12.6. The van der Waals surface area contributed by atoms with Gasteiger partial charge in [0, 0.05) is 16.9 Å². The van der Waals surface area contributed by atoms with Crippen LogP contribution in [-0.4, -0.2) is 22.4 Å². The van der Waals surface area contributed by atoms with Gasteiger partial charge in [-0.15, -0.1) is 22.0 Å². The Bertz CT molecular complexity index is 958. The maximum absolute atomic E-state index is 12.6. The van der Waals surface area contributed by atoms with Crippen LogP contribution in [0.5, 0.6) is 0 Å². The number of aromatic nitrogens is 2. The molecule has 0 saturated carbocycles. The van der Waals surface area contributed by atoms with Crippen LogP contribution in [0.25, 0.3) is 0 Å². The number of hydrogen-bond donors (Lipinski definition) is 2. The number of nitrogens with one attached hydrogen (secondary N) is 2. The van der Waals surface area contributed by atoms with E-state index < -0.39 is 11.7 Å². The van der Waals surface area contributed by atoms with Gasteiger partial charge in [-0.3, -0.25) is 15.6 Å². The molecule has 0 aliphatic rings. The lowest BCUT2D eigenvalue weighted by Gasteiger charge is -2.06. The second-order valence-corrected chi connectivity index (χ2v) is 7.63. The van der Waals surface area contributed by atoms with Gasteiger partial charge in [0.05, 0.1) is 5.56 Å². The number of rotatable bonds is 6. The zero-order valence-corrected chi connectivity index (χ0v) is 16.2. The van der Waals surface area contributed by atoms with Crippen LogP contribution >= 0.6 is 23.1 Å². The molecule has 5 nitrogen and oxygen atoms in total. The molecule has 0 aliphatic heterocycles. The second-order valence-electron chi connectivity index (χ2n) is 5.68. The summed E-state index contributed by atoms with van der Waals surface area (Å²) in [6.45, 7) is 0. The SMILES string of the molecule is CSc1cccc(C(=O)NNc2nnc(Cc3ccc(C(F)(F)F)cc3)s2)c1. The van der Waals surface area contributed by atoms with E-state index in [2.05, 4.69) is 21.0 Å². The monoisotopic (exact) mass is 424 g/mol. The third-order valence-electron chi connectivity index (χ3n) is 3.72. The number of carbonyl (C=O) groups is 1. The molecular weight excluding hydrogens is 409 g/mol. The number of thioether (sulfide) groups is 1. The quantitative estimate of drug-likeness (QED) is 0.446. The largest absolute Gasteiger partial charge is 0.416 e. The molecule has 0 spiro atoms. The molecule has 0 fully saturated rings. The number of hydrazine groups is 1. The Kier molecular flexibility index (Phi) is 6.20. The fraction of sp³-hybridized carbons (Fsp3) is 0.167. The first-order valence-electron chi connectivity index (χ1n) is 8.04. The van der Waals surface area contributed by atoms with Crippen molar-refractivity contribution in [3.8, 4) is 0 Å². The summed E-state index contributed by atoms with van der Waals surface area (Å²) in [6.07, 6.45) is -2.08. The first kappa shape index (κ1) is 20.2. The number of anilines is 1. The van der Waals surface area contributed by atoms with Gasteiger partial charge in [-0.2, -0.15) is 13.2 Å². The molecular formula is C18H15F3N4OS2. The normalized spacial score (nSPS) is 11.3. The zero-order chi connectivity index (χ0) is 20.1. The lowest BCUT2D eigenvalue weighted by Crippen LogP contribution is -2.29. The van der Waals surface area contributed by atoms with E-state index in [-0.39, 0.29) is 5.91 Å². The zero-order valence-electron chi connectivity index (χ0n) is 14.6. The minimum absolute atomic E-state index is 0.310. The van der Waals surface area contributed by atoms with E-state index in [1.165, 1.54) is 35.2 Å². The second kappa shape index (κ2) is 8.61.